The molecule has 2 heterocycles. The highest BCUT2D eigenvalue weighted by Crippen LogP contribution is 2.46. The van der Waals surface area contributed by atoms with E-state index in [0.717, 1.165) is 0 Å². The van der Waals surface area contributed by atoms with Gasteiger partial charge in [-0.1, -0.05) is 4.48 Å². The van der Waals surface area contributed by atoms with Gasteiger partial charge in [-0.25, -0.2) is 0 Å². The van der Waals surface area contributed by atoms with E-state index in [1.54, 1.807) is 12.3 Å². The van der Waals surface area contributed by atoms with Crippen molar-refractivity contribution in [3.63, 3.8) is 0 Å². The van der Waals surface area contributed by atoms with Gasteiger partial charge in [-0.05, 0) is 6.07 Å². The molecule has 0 aliphatic carbocycles. The van der Waals surface area contributed by atoms with Crippen LogP contribution >= 0.6 is 0 Å². The summed E-state index contributed by atoms with van der Waals surface area (Å²) < 4.78 is 12.1. The first-order valence-electron chi connectivity index (χ1n) is 2.29. The van der Waals surface area contributed by atoms with Gasteiger partial charge in [-0.3, -0.25) is 4.98 Å². The fourth-order valence-electron chi connectivity index (χ4n) is 0.664. The van der Waals surface area contributed by atoms with Crippen LogP contribution in [0.2, 0.25) is 0 Å². The topological polar surface area (TPSA) is 15.9 Å². The molecule has 0 bridgehead atoms. The van der Waals surface area contributed by atoms with Gasteiger partial charge in [0.1, 0.15) is 11.4 Å². The maximum atomic E-state index is 12.1. The zero-order chi connectivity index (χ0) is 5.56. The third-order valence-electron chi connectivity index (χ3n) is 1.15. The van der Waals surface area contributed by atoms with Crippen molar-refractivity contribution in [3.05, 3.63) is 18.5 Å². The quantitative estimate of drug-likeness (QED) is 0.371. The van der Waals surface area contributed by atoms with Crippen LogP contribution in [0.3, 0.4) is 0 Å². The van der Waals surface area contributed by atoms with E-state index in [2.05, 4.69) is 4.98 Å². The molecule has 1 aromatic rings. The van der Waals surface area contributed by atoms with Gasteiger partial charge in [0.05, 0.1) is 6.20 Å². The van der Waals surface area contributed by atoms with Gasteiger partial charge in [0.2, 0.25) is 0 Å². The Morgan fingerprint density at radius 1 is 1.50 bits per heavy atom. The smallest absolute Gasteiger partial charge is 0.119 e. The molecule has 0 saturated heterocycles. The summed E-state index contributed by atoms with van der Waals surface area (Å²) in [6.07, 6.45) is 3.06. The molecule has 0 amide bonds. The molecule has 3 heteroatoms. The summed E-state index contributed by atoms with van der Waals surface area (Å²) >= 11 is 0. The van der Waals surface area contributed by atoms with Crippen LogP contribution in [0.1, 0.15) is 0 Å². The summed E-state index contributed by atoms with van der Waals surface area (Å²) in [5.74, 6) is 0. The Labute approximate surface area is 45.5 Å². The molecule has 2 rings (SSSR count). The molecule has 8 heavy (non-hydrogen) atoms. The number of hydrogen-bond acceptors (Lipinski definition) is 2. The van der Waals surface area contributed by atoms with E-state index in [-0.39, 0.29) is 0 Å². The first-order valence-corrected chi connectivity index (χ1v) is 2.29. The lowest BCUT2D eigenvalue weighted by Crippen LogP contribution is -1.70. The van der Waals surface area contributed by atoms with E-state index in [1.807, 2.05) is 0 Å². The molecule has 0 radical (unpaired) electrons. The fraction of sp³-hybridized carbons (Fsp3) is 0. The van der Waals surface area contributed by atoms with Crippen LogP contribution in [0, 0.1) is 0 Å². The number of rotatable bonds is 0. The van der Waals surface area contributed by atoms with Crippen molar-refractivity contribution in [1.82, 2.24) is 4.98 Å². The second kappa shape index (κ2) is 0.992. The minimum absolute atomic E-state index is 0.590. The van der Waals surface area contributed by atoms with E-state index in [4.69, 9.17) is 0 Å². The Morgan fingerprint density at radius 3 is 2.88 bits per heavy atom. The van der Waals surface area contributed by atoms with Crippen LogP contribution in [0.25, 0.3) is 0 Å². The van der Waals surface area contributed by atoms with Gasteiger partial charge in [-0.15, -0.1) is 0 Å². The summed E-state index contributed by atoms with van der Waals surface area (Å²) in [6, 6.07) is 1.63. The second-order valence-corrected chi connectivity index (χ2v) is 1.65. The van der Waals surface area contributed by atoms with Crippen molar-refractivity contribution in [2.45, 2.75) is 0 Å². The molecule has 0 unspecified atom stereocenters. The Kier molecular flexibility index (Phi) is 0.475. The van der Waals surface area contributed by atoms with Crippen LogP contribution in [-0.2, 0) is 0 Å². The molecule has 0 aromatic carbocycles. The maximum absolute atomic E-state index is 12.1. The summed E-state index contributed by atoms with van der Waals surface area (Å²) in [5.41, 5.74) is 1.23. The van der Waals surface area contributed by atoms with E-state index < -0.39 is 0 Å². The molecule has 0 saturated carbocycles. The minimum Gasteiger partial charge on any atom is -0.262 e. The lowest BCUT2D eigenvalue weighted by molar-refractivity contribution is 0.547. The van der Waals surface area contributed by atoms with Gasteiger partial charge < -0.3 is 0 Å². The van der Waals surface area contributed by atoms with E-state index in [9.17, 15) is 4.48 Å². The molecule has 1 aromatic heterocycles. The second-order valence-electron chi connectivity index (χ2n) is 1.65. The predicted molar refractivity (Wildman–Crippen MR) is 27.5 cm³/mol. The van der Waals surface area contributed by atoms with Crippen molar-refractivity contribution < 1.29 is 4.48 Å². The van der Waals surface area contributed by atoms with Crippen LogP contribution < -0.4 is 5.12 Å². The highest BCUT2D eigenvalue weighted by Gasteiger charge is 2.28. The fourth-order valence-corrected chi connectivity index (χ4v) is 0.664. The SMILES string of the molecule is FN1c2ccncc21. The zero-order valence-electron chi connectivity index (χ0n) is 4.00. The van der Waals surface area contributed by atoms with Crippen molar-refractivity contribution in [2.75, 3.05) is 5.12 Å². The monoisotopic (exact) mass is 110 g/mol. The van der Waals surface area contributed by atoms with Crippen LogP contribution in [-0.4, -0.2) is 4.98 Å². The lowest BCUT2D eigenvalue weighted by atomic mass is 10.5. The summed E-state index contributed by atoms with van der Waals surface area (Å²) in [6.45, 7) is 0. The molecule has 0 N–H and O–H groups in total. The Balaban J connectivity index is 2.58. The molecular formula is C5H3FN2. The molecule has 0 spiro atoms. The standard InChI is InChI=1S/C5H3FN2/c6-8-4-1-2-7-3-5(4)8/h1-3H. The first-order chi connectivity index (χ1) is 3.89. The number of pyridine rings is 1. The average molecular weight is 110 g/mol. The van der Waals surface area contributed by atoms with Crippen molar-refractivity contribution in [2.24, 2.45) is 0 Å². The predicted octanol–water partition coefficient (Wildman–Crippen LogP) is 1.42. The number of anilines is 2. The van der Waals surface area contributed by atoms with Crippen LogP contribution in [0.5, 0.6) is 0 Å². The third kappa shape index (κ3) is 0.291. The molecule has 1 aliphatic rings. The van der Waals surface area contributed by atoms with E-state index >= 15 is 0 Å². The number of halogens is 1. The highest BCUT2D eigenvalue weighted by atomic mass is 19.2. The molecule has 0 atom stereocenters. The molecule has 40 valence electrons. The van der Waals surface area contributed by atoms with Gasteiger partial charge >= 0.3 is 0 Å². The lowest BCUT2D eigenvalue weighted by Gasteiger charge is -1.71. The van der Waals surface area contributed by atoms with Crippen LogP contribution in [0.15, 0.2) is 18.5 Å². The van der Waals surface area contributed by atoms with Crippen molar-refractivity contribution >= 4 is 11.4 Å². The molecular weight excluding hydrogens is 107 g/mol. The van der Waals surface area contributed by atoms with Crippen LogP contribution in [0.4, 0.5) is 15.9 Å². The maximum Gasteiger partial charge on any atom is 0.119 e. The first kappa shape index (κ1) is 3.83. The summed E-state index contributed by atoms with van der Waals surface area (Å²) in [4.78, 5) is 3.71. The number of nitrogens with zero attached hydrogens (tertiary/aromatic N) is 2. The Hall–Kier alpha value is -1.12. The summed E-state index contributed by atoms with van der Waals surface area (Å²) in [5, 5.41) is 0.604. The van der Waals surface area contributed by atoms with Crippen molar-refractivity contribution in [3.8, 4) is 0 Å². The third-order valence-corrected chi connectivity index (χ3v) is 1.15. The Bertz CT molecular complexity index is 200. The zero-order valence-corrected chi connectivity index (χ0v) is 4.00. The van der Waals surface area contributed by atoms with E-state index in [1.165, 1.54) is 6.20 Å². The van der Waals surface area contributed by atoms with E-state index in [0.29, 0.717) is 16.5 Å². The molecule has 2 nitrogen and oxygen atoms in total. The van der Waals surface area contributed by atoms with Gasteiger partial charge in [0, 0.05) is 6.20 Å². The molecule has 0 fully saturated rings. The van der Waals surface area contributed by atoms with Crippen molar-refractivity contribution in [1.29, 1.82) is 0 Å². The average Bonchev–Trinajstić information content (AvgIpc) is 2.46. The number of aromatic nitrogens is 1. The highest BCUT2D eigenvalue weighted by molar-refractivity contribution is 5.88. The minimum atomic E-state index is 0.590. The number of fused-ring (bicyclic) bond motifs is 1. The number of hydrogen-bond donors (Lipinski definition) is 0. The van der Waals surface area contributed by atoms with Gasteiger partial charge in [-0.2, -0.15) is 5.12 Å². The normalized spacial score (nSPS) is 13.4. The van der Waals surface area contributed by atoms with Gasteiger partial charge in [0.25, 0.3) is 0 Å². The Morgan fingerprint density at radius 2 is 2.38 bits per heavy atom. The largest absolute Gasteiger partial charge is 0.262 e. The summed E-state index contributed by atoms with van der Waals surface area (Å²) in [7, 11) is 0. The van der Waals surface area contributed by atoms with Gasteiger partial charge in [0.15, 0.2) is 0 Å². The molecule has 1 aliphatic heterocycles.